The highest BCUT2D eigenvalue weighted by atomic mass is 14.7. The molecule has 0 spiro atoms. The molecular formula is C22H27N. The van der Waals surface area contributed by atoms with Gasteiger partial charge >= 0.3 is 0 Å². The molecule has 0 aliphatic heterocycles. The molecule has 0 fully saturated rings. The van der Waals surface area contributed by atoms with Gasteiger partial charge < -0.3 is 0 Å². The highest BCUT2D eigenvalue weighted by molar-refractivity contribution is 5.48. The molecule has 1 heterocycles. The topological polar surface area (TPSA) is 12.9 Å². The normalized spacial score (nSPS) is 17.3. The van der Waals surface area contributed by atoms with Crippen molar-refractivity contribution in [3.05, 3.63) is 76.1 Å². The van der Waals surface area contributed by atoms with Crippen LogP contribution in [0.25, 0.3) is 0 Å². The van der Waals surface area contributed by atoms with Crippen LogP contribution in [0.3, 0.4) is 0 Å². The fraction of sp³-hybridized carbons (Fsp3) is 0.409. The summed E-state index contributed by atoms with van der Waals surface area (Å²) >= 11 is 0. The number of hydrogen-bond acceptors (Lipinski definition) is 1. The second-order valence-electron chi connectivity index (χ2n) is 6.62. The molecular weight excluding hydrogens is 278 g/mol. The van der Waals surface area contributed by atoms with Crippen LogP contribution in [0, 0.1) is 6.92 Å². The zero-order chi connectivity index (χ0) is 16.2. The Hall–Kier alpha value is -1.89. The molecule has 23 heavy (non-hydrogen) atoms. The molecule has 0 N–H and O–H groups in total. The van der Waals surface area contributed by atoms with E-state index in [1.54, 1.807) is 5.57 Å². The van der Waals surface area contributed by atoms with E-state index >= 15 is 0 Å². The molecule has 120 valence electrons. The van der Waals surface area contributed by atoms with E-state index in [1.165, 1.54) is 34.4 Å². The summed E-state index contributed by atoms with van der Waals surface area (Å²) in [5.74, 6) is 0.337. The number of rotatable bonds is 4. The van der Waals surface area contributed by atoms with E-state index in [9.17, 15) is 0 Å². The zero-order valence-corrected chi connectivity index (χ0v) is 14.6. The van der Waals surface area contributed by atoms with Crippen molar-refractivity contribution in [2.75, 3.05) is 0 Å². The minimum absolute atomic E-state index is 0.337. The van der Waals surface area contributed by atoms with Gasteiger partial charge in [0.25, 0.3) is 0 Å². The summed E-state index contributed by atoms with van der Waals surface area (Å²) in [6.45, 7) is 6.71. The summed E-state index contributed by atoms with van der Waals surface area (Å²) in [4.78, 5) is 4.83. The first-order valence-corrected chi connectivity index (χ1v) is 8.96. The van der Waals surface area contributed by atoms with Gasteiger partial charge in [0.1, 0.15) is 0 Å². The van der Waals surface area contributed by atoms with Crippen LogP contribution < -0.4 is 0 Å². The molecule has 1 aliphatic rings. The SMILES string of the molecule is CC/C=C(\CCC)C1c2ccc(C)cc2CCc2cccnc21. The van der Waals surface area contributed by atoms with Crippen molar-refractivity contribution in [1.29, 1.82) is 0 Å². The van der Waals surface area contributed by atoms with E-state index in [0.717, 1.165) is 25.7 Å². The summed E-state index contributed by atoms with van der Waals surface area (Å²) in [6.07, 6.45) is 10.0. The maximum atomic E-state index is 4.83. The number of allylic oxidation sites excluding steroid dienone is 2. The number of aryl methyl sites for hydroxylation is 3. The van der Waals surface area contributed by atoms with Crippen LogP contribution in [-0.2, 0) is 12.8 Å². The average molecular weight is 305 g/mol. The van der Waals surface area contributed by atoms with Crippen LogP contribution in [0.15, 0.2) is 48.2 Å². The molecule has 0 saturated heterocycles. The lowest BCUT2D eigenvalue weighted by Gasteiger charge is -2.23. The Morgan fingerprint density at radius 1 is 1.17 bits per heavy atom. The van der Waals surface area contributed by atoms with Crippen molar-refractivity contribution in [2.24, 2.45) is 0 Å². The third-order valence-electron chi connectivity index (χ3n) is 4.85. The van der Waals surface area contributed by atoms with Crippen LogP contribution in [0.4, 0.5) is 0 Å². The third-order valence-corrected chi connectivity index (χ3v) is 4.85. The first-order chi connectivity index (χ1) is 11.2. The van der Waals surface area contributed by atoms with Crippen LogP contribution in [0.5, 0.6) is 0 Å². The van der Waals surface area contributed by atoms with Crippen molar-refractivity contribution >= 4 is 0 Å². The Kier molecular flexibility index (Phi) is 4.95. The first-order valence-electron chi connectivity index (χ1n) is 8.96. The summed E-state index contributed by atoms with van der Waals surface area (Å²) in [7, 11) is 0. The van der Waals surface area contributed by atoms with Gasteiger partial charge in [0.2, 0.25) is 0 Å². The van der Waals surface area contributed by atoms with Gasteiger partial charge in [0.15, 0.2) is 0 Å². The summed E-state index contributed by atoms with van der Waals surface area (Å²) in [6, 6.07) is 11.3. The number of fused-ring (bicyclic) bond motifs is 2. The van der Waals surface area contributed by atoms with Crippen molar-refractivity contribution in [1.82, 2.24) is 4.98 Å². The number of benzene rings is 1. The van der Waals surface area contributed by atoms with Gasteiger partial charge in [-0.05, 0) is 55.4 Å². The maximum Gasteiger partial charge on any atom is 0.0551 e. The van der Waals surface area contributed by atoms with Crippen molar-refractivity contribution in [2.45, 2.75) is 58.8 Å². The lowest BCUT2D eigenvalue weighted by Crippen LogP contribution is -2.09. The monoisotopic (exact) mass is 305 g/mol. The smallest absolute Gasteiger partial charge is 0.0551 e. The molecule has 1 aliphatic carbocycles. The van der Waals surface area contributed by atoms with Crippen LogP contribution in [0.2, 0.25) is 0 Å². The lowest BCUT2D eigenvalue weighted by molar-refractivity contribution is 0.779. The fourth-order valence-electron chi connectivity index (χ4n) is 3.86. The summed E-state index contributed by atoms with van der Waals surface area (Å²) in [5, 5.41) is 0. The molecule has 1 nitrogen and oxygen atoms in total. The maximum absolute atomic E-state index is 4.83. The lowest BCUT2D eigenvalue weighted by atomic mass is 9.82. The van der Waals surface area contributed by atoms with Gasteiger partial charge in [0, 0.05) is 12.1 Å². The second kappa shape index (κ2) is 7.12. The van der Waals surface area contributed by atoms with E-state index < -0.39 is 0 Å². The van der Waals surface area contributed by atoms with Gasteiger partial charge in [-0.25, -0.2) is 0 Å². The number of aromatic nitrogens is 1. The van der Waals surface area contributed by atoms with Crippen LogP contribution in [-0.4, -0.2) is 4.98 Å². The van der Waals surface area contributed by atoms with E-state index in [0.29, 0.717) is 5.92 Å². The molecule has 0 amide bonds. The van der Waals surface area contributed by atoms with Gasteiger partial charge in [0.05, 0.1) is 5.69 Å². The van der Waals surface area contributed by atoms with E-state index in [2.05, 4.69) is 57.2 Å². The van der Waals surface area contributed by atoms with Crippen molar-refractivity contribution < 1.29 is 0 Å². The molecule has 1 aromatic heterocycles. The average Bonchev–Trinajstić information content (AvgIpc) is 2.71. The van der Waals surface area contributed by atoms with E-state index in [4.69, 9.17) is 4.98 Å². The molecule has 1 unspecified atom stereocenters. The Morgan fingerprint density at radius 3 is 2.78 bits per heavy atom. The van der Waals surface area contributed by atoms with Crippen LogP contribution in [0.1, 0.15) is 67.0 Å². The third kappa shape index (κ3) is 3.24. The van der Waals surface area contributed by atoms with E-state index in [1.807, 2.05) is 6.20 Å². The number of pyridine rings is 1. The quantitative estimate of drug-likeness (QED) is 0.655. The number of nitrogens with zero attached hydrogens (tertiary/aromatic N) is 1. The Labute approximate surface area is 140 Å². The highest BCUT2D eigenvalue weighted by Crippen LogP contribution is 2.40. The van der Waals surface area contributed by atoms with E-state index in [-0.39, 0.29) is 0 Å². The Balaban J connectivity index is 2.20. The van der Waals surface area contributed by atoms with Crippen LogP contribution >= 0.6 is 0 Å². The molecule has 0 radical (unpaired) electrons. The Bertz CT molecular complexity index is 712. The summed E-state index contributed by atoms with van der Waals surface area (Å²) in [5.41, 5.74) is 8.58. The van der Waals surface area contributed by atoms with Crippen molar-refractivity contribution in [3.63, 3.8) is 0 Å². The first kappa shape index (κ1) is 16.0. The minimum atomic E-state index is 0.337. The molecule has 1 atom stereocenters. The predicted molar refractivity (Wildman–Crippen MR) is 97.9 cm³/mol. The zero-order valence-electron chi connectivity index (χ0n) is 14.6. The van der Waals surface area contributed by atoms with Gasteiger partial charge in [-0.3, -0.25) is 4.98 Å². The van der Waals surface area contributed by atoms with Crippen molar-refractivity contribution in [3.8, 4) is 0 Å². The van der Waals surface area contributed by atoms with Gasteiger partial charge in [-0.2, -0.15) is 0 Å². The highest BCUT2D eigenvalue weighted by Gasteiger charge is 2.27. The molecule has 1 aromatic carbocycles. The molecule has 0 saturated carbocycles. The molecule has 2 aromatic rings. The second-order valence-corrected chi connectivity index (χ2v) is 6.62. The molecule has 0 bridgehead atoms. The van der Waals surface area contributed by atoms with Gasteiger partial charge in [-0.1, -0.05) is 61.7 Å². The Morgan fingerprint density at radius 2 is 2.00 bits per heavy atom. The largest absolute Gasteiger partial charge is 0.260 e. The fourth-order valence-corrected chi connectivity index (χ4v) is 3.86. The molecule has 1 heteroatoms. The molecule has 3 rings (SSSR count). The number of hydrogen-bond donors (Lipinski definition) is 0. The minimum Gasteiger partial charge on any atom is -0.260 e. The standard InChI is InChI=1S/C22H27N/c1-4-7-17(8-5-2)21-20-13-10-16(3)15-19(20)12-11-18-9-6-14-23-22(18)21/h6-7,9-10,13-15,21H,4-5,8,11-12H2,1-3H3/b17-7+. The summed E-state index contributed by atoms with van der Waals surface area (Å²) < 4.78 is 0. The van der Waals surface area contributed by atoms with Gasteiger partial charge in [-0.15, -0.1) is 0 Å². The predicted octanol–water partition coefficient (Wildman–Crippen LogP) is 5.76.